The Morgan fingerprint density at radius 3 is 2.72 bits per heavy atom. The van der Waals surface area contributed by atoms with Crippen LogP contribution in [0.1, 0.15) is 16.1 Å². The summed E-state index contributed by atoms with van der Waals surface area (Å²) in [5.74, 6) is 0. The van der Waals surface area contributed by atoms with Crippen LogP contribution in [0.25, 0.3) is 10.2 Å². The second-order valence-electron chi connectivity index (χ2n) is 4.00. The molecule has 0 saturated heterocycles. The normalized spacial score (nSPS) is 11.3. The fourth-order valence-electron chi connectivity index (χ4n) is 1.69. The van der Waals surface area contributed by atoms with E-state index in [9.17, 15) is 0 Å². The standard InChI is InChI=1S/C12H11N3S3/c1-6-4-16-12(15-6)18-11-9-7(2)8(3)17-10(9)13-5-14-11/h4-5H,1-3H3. The molecule has 3 aromatic heterocycles. The van der Waals surface area contributed by atoms with E-state index in [1.165, 1.54) is 15.8 Å². The van der Waals surface area contributed by atoms with Crippen molar-refractivity contribution in [3.63, 3.8) is 0 Å². The van der Waals surface area contributed by atoms with Crippen LogP contribution in [-0.4, -0.2) is 15.0 Å². The van der Waals surface area contributed by atoms with Crippen LogP contribution in [0.2, 0.25) is 0 Å². The van der Waals surface area contributed by atoms with Crippen molar-refractivity contribution in [1.29, 1.82) is 0 Å². The SMILES string of the molecule is Cc1csc(Sc2ncnc3sc(C)c(C)c23)n1. The summed E-state index contributed by atoms with van der Waals surface area (Å²) >= 11 is 5.02. The van der Waals surface area contributed by atoms with Crippen LogP contribution < -0.4 is 0 Å². The average Bonchev–Trinajstić information content (AvgIpc) is 2.86. The third kappa shape index (κ3) is 2.04. The first kappa shape index (κ1) is 12.1. The lowest BCUT2D eigenvalue weighted by molar-refractivity contribution is 1.09. The van der Waals surface area contributed by atoms with E-state index in [1.54, 1.807) is 40.8 Å². The maximum Gasteiger partial charge on any atom is 0.156 e. The number of fused-ring (bicyclic) bond motifs is 1. The molecule has 6 heteroatoms. The van der Waals surface area contributed by atoms with Crippen molar-refractivity contribution in [2.45, 2.75) is 30.1 Å². The van der Waals surface area contributed by atoms with Crippen molar-refractivity contribution in [2.24, 2.45) is 0 Å². The third-order valence-corrected chi connectivity index (χ3v) is 5.89. The summed E-state index contributed by atoms with van der Waals surface area (Å²) in [5, 5.41) is 4.25. The number of hydrogen-bond acceptors (Lipinski definition) is 6. The van der Waals surface area contributed by atoms with Crippen molar-refractivity contribution in [3.05, 3.63) is 27.8 Å². The van der Waals surface area contributed by atoms with E-state index >= 15 is 0 Å². The molecule has 92 valence electrons. The molecule has 0 aliphatic heterocycles. The molecule has 3 heterocycles. The second kappa shape index (κ2) is 4.60. The first-order valence-corrected chi connectivity index (χ1v) is 7.97. The average molecular weight is 293 g/mol. The Morgan fingerprint density at radius 1 is 1.17 bits per heavy atom. The molecule has 3 nitrogen and oxygen atoms in total. The Hall–Kier alpha value is -0.980. The lowest BCUT2D eigenvalue weighted by atomic mass is 10.2. The number of hydrogen-bond donors (Lipinski definition) is 0. The monoisotopic (exact) mass is 293 g/mol. The van der Waals surface area contributed by atoms with Crippen molar-refractivity contribution >= 4 is 44.7 Å². The topological polar surface area (TPSA) is 38.7 Å². The lowest BCUT2D eigenvalue weighted by Gasteiger charge is -2.00. The number of rotatable bonds is 2. The molecule has 0 unspecified atom stereocenters. The van der Waals surface area contributed by atoms with E-state index in [1.807, 2.05) is 6.92 Å². The Bertz CT molecular complexity index is 715. The molecule has 18 heavy (non-hydrogen) atoms. The van der Waals surface area contributed by atoms with Gasteiger partial charge in [0.2, 0.25) is 0 Å². The van der Waals surface area contributed by atoms with E-state index in [2.05, 4.69) is 34.2 Å². The number of aryl methyl sites for hydroxylation is 3. The molecule has 0 fully saturated rings. The molecule has 0 aromatic carbocycles. The molecule has 0 aliphatic rings. The van der Waals surface area contributed by atoms with Gasteiger partial charge in [0.25, 0.3) is 0 Å². The molecule has 3 rings (SSSR count). The van der Waals surface area contributed by atoms with Crippen molar-refractivity contribution in [1.82, 2.24) is 15.0 Å². The molecule has 0 N–H and O–H groups in total. The van der Waals surface area contributed by atoms with Gasteiger partial charge in [0, 0.05) is 21.3 Å². The number of thiazole rings is 1. The molecule has 0 atom stereocenters. The third-order valence-electron chi connectivity index (χ3n) is 2.71. The Balaban J connectivity index is 2.11. The molecule has 3 aromatic rings. The van der Waals surface area contributed by atoms with E-state index in [-0.39, 0.29) is 0 Å². The highest BCUT2D eigenvalue weighted by atomic mass is 32.2. The minimum absolute atomic E-state index is 1.01. The minimum Gasteiger partial charge on any atom is -0.235 e. The zero-order valence-electron chi connectivity index (χ0n) is 10.2. The molecular weight excluding hydrogens is 282 g/mol. The summed E-state index contributed by atoms with van der Waals surface area (Å²) in [4.78, 5) is 15.6. The van der Waals surface area contributed by atoms with E-state index in [0.29, 0.717) is 0 Å². The highest BCUT2D eigenvalue weighted by Gasteiger charge is 2.13. The van der Waals surface area contributed by atoms with Gasteiger partial charge in [0.1, 0.15) is 16.2 Å². The van der Waals surface area contributed by atoms with Crippen LogP contribution in [0.5, 0.6) is 0 Å². The second-order valence-corrected chi connectivity index (χ2v) is 7.30. The first-order valence-electron chi connectivity index (χ1n) is 5.46. The summed E-state index contributed by atoms with van der Waals surface area (Å²) in [5.41, 5.74) is 2.34. The van der Waals surface area contributed by atoms with Crippen molar-refractivity contribution < 1.29 is 0 Å². The number of thiophene rings is 1. The fourth-order valence-corrected chi connectivity index (χ4v) is 4.65. The summed E-state index contributed by atoms with van der Waals surface area (Å²) in [6.45, 7) is 6.27. The maximum atomic E-state index is 4.47. The largest absolute Gasteiger partial charge is 0.235 e. The molecule has 0 aliphatic carbocycles. The predicted molar refractivity (Wildman–Crippen MR) is 77.9 cm³/mol. The maximum absolute atomic E-state index is 4.47. The highest BCUT2D eigenvalue weighted by Crippen LogP contribution is 2.38. The Kier molecular flexibility index (Phi) is 3.09. The minimum atomic E-state index is 1.01. The van der Waals surface area contributed by atoms with Gasteiger partial charge < -0.3 is 0 Å². The molecule has 0 saturated carbocycles. The number of nitrogens with zero attached hydrogens (tertiary/aromatic N) is 3. The molecule has 0 radical (unpaired) electrons. The van der Waals surface area contributed by atoms with Crippen LogP contribution in [0.4, 0.5) is 0 Å². The highest BCUT2D eigenvalue weighted by molar-refractivity contribution is 8.01. The van der Waals surface area contributed by atoms with Gasteiger partial charge in [-0.3, -0.25) is 0 Å². The van der Waals surface area contributed by atoms with Crippen molar-refractivity contribution in [3.8, 4) is 0 Å². The van der Waals surface area contributed by atoms with Gasteiger partial charge >= 0.3 is 0 Å². The zero-order chi connectivity index (χ0) is 12.7. The molecule has 0 amide bonds. The van der Waals surface area contributed by atoms with Gasteiger partial charge in [0.15, 0.2) is 4.34 Å². The zero-order valence-corrected chi connectivity index (χ0v) is 12.7. The van der Waals surface area contributed by atoms with Crippen LogP contribution in [-0.2, 0) is 0 Å². The van der Waals surface area contributed by atoms with Gasteiger partial charge in [-0.15, -0.1) is 22.7 Å². The van der Waals surface area contributed by atoms with Gasteiger partial charge in [-0.2, -0.15) is 0 Å². The van der Waals surface area contributed by atoms with E-state index in [0.717, 1.165) is 19.9 Å². The summed E-state index contributed by atoms with van der Waals surface area (Å²) < 4.78 is 1.04. The Labute approximate surface area is 117 Å². The molecule has 0 spiro atoms. The lowest BCUT2D eigenvalue weighted by Crippen LogP contribution is -1.85. The predicted octanol–water partition coefficient (Wildman–Crippen LogP) is 4.22. The van der Waals surface area contributed by atoms with Crippen LogP contribution >= 0.6 is 34.4 Å². The van der Waals surface area contributed by atoms with Crippen LogP contribution in [0.15, 0.2) is 21.1 Å². The molecular formula is C12H11N3S3. The Morgan fingerprint density at radius 2 is 2.00 bits per heavy atom. The van der Waals surface area contributed by atoms with E-state index < -0.39 is 0 Å². The van der Waals surface area contributed by atoms with E-state index in [4.69, 9.17) is 0 Å². The quantitative estimate of drug-likeness (QED) is 0.663. The van der Waals surface area contributed by atoms with Crippen LogP contribution in [0.3, 0.4) is 0 Å². The van der Waals surface area contributed by atoms with Gasteiger partial charge in [-0.05, 0) is 38.1 Å². The smallest absolute Gasteiger partial charge is 0.156 e. The first-order chi connectivity index (χ1) is 8.65. The van der Waals surface area contributed by atoms with Crippen molar-refractivity contribution in [2.75, 3.05) is 0 Å². The van der Waals surface area contributed by atoms with Gasteiger partial charge in [0.05, 0.1) is 0 Å². The van der Waals surface area contributed by atoms with Gasteiger partial charge in [-0.25, -0.2) is 15.0 Å². The summed E-state index contributed by atoms with van der Waals surface area (Å²) in [6.07, 6.45) is 1.64. The molecule has 0 bridgehead atoms. The van der Waals surface area contributed by atoms with Crippen LogP contribution in [0, 0.1) is 20.8 Å². The fraction of sp³-hybridized carbons (Fsp3) is 0.250. The summed E-state index contributed by atoms with van der Waals surface area (Å²) in [7, 11) is 0. The van der Waals surface area contributed by atoms with Gasteiger partial charge in [-0.1, -0.05) is 0 Å². The summed E-state index contributed by atoms with van der Waals surface area (Å²) in [6, 6.07) is 0. The number of aromatic nitrogens is 3.